The molecule has 5 aliphatic carbocycles. The molecule has 0 amide bonds. The van der Waals surface area contributed by atoms with Gasteiger partial charge in [0.1, 0.15) is 17.8 Å². The Kier molecular flexibility index (Phi) is 6.73. The number of epoxide rings is 1. The second kappa shape index (κ2) is 9.94. The summed E-state index contributed by atoms with van der Waals surface area (Å²) in [7, 11) is 0. The number of nitrogens with zero attached hydrogens (tertiary/aromatic N) is 1. The minimum Gasteiger partial charge on any atom is -0.455 e. The maximum atomic E-state index is 11.7. The summed E-state index contributed by atoms with van der Waals surface area (Å²) in [5.41, 5.74) is 3.90. The van der Waals surface area contributed by atoms with Crippen LogP contribution in [-0.4, -0.2) is 39.6 Å². The smallest absolute Gasteiger partial charge is 0.334 e. The SMILES string of the molecule is C#CC1(O)CCC2C3CCC4=Cc5oncc5CC4(C)C3CCC21C.C=C1C(=O)OC2C1CCC(C)=CCCC1(C)OC21. The Morgan fingerprint density at radius 1 is 1.09 bits per heavy atom. The molecule has 6 heteroatoms. The molecule has 3 heterocycles. The molecule has 7 aliphatic rings. The van der Waals surface area contributed by atoms with E-state index in [1.165, 1.54) is 17.6 Å². The Labute approximate surface area is 256 Å². The Morgan fingerprint density at radius 3 is 2.67 bits per heavy atom. The van der Waals surface area contributed by atoms with Crippen LogP contribution in [0.15, 0.2) is 40.1 Å². The first-order chi connectivity index (χ1) is 20.4. The molecule has 0 aromatic carbocycles. The van der Waals surface area contributed by atoms with E-state index in [4.69, 9.17) is 20.4 Å². The van der Waals surface area contributed by atoms with Crippen LogP contribution in [0.4, 0.5) is 0 Å². The van der Waals surface area contributed by atoms with Gasteiger partial charge in [-0.05, 0) is 114 Å². The number of fused-ring (bicyclic) bond motifs is 9. The number of aliphatic hydroxyl groups is 1. The average Bonchev–Trinajstić information content (AvgIpc) is 3.20. The maximum Gasteiger partial charge on any atom is 0.334 e. The van der Waals surface area contributed by atoms with Gasteiger partial charge in [-0.1, -0.05) is 48.7 Å². The lowest BCUT2D eigenvalue weighted by Gasteiger charge is -2.58. The van der Waals surface area contributed by atoms with Crippen molar-refractivity contribution in [3.63, 3.8) is 0 Å². The molecular formula is C37H47NO5. The van der Waals surface area contributed by atoms with Crippen LogP contribution in [0, 0.1) is 46.8 Å². The van der Waals surface area contributed by atoms with Crippen LogP contribution < -0.4 is 0 Å². The van der Waals surface area contributed by atoms with Crippen molar-refractivity contribution in [3.8, 4) is 12.3 Å². The van der Waals surface area contributed by atoms with Gasteiger partial charge < -0.3 is 19.1 Å². The zero-order chi connectivity index (χ0) is 30.4. The molecule has 230 valence electrons. The van der Waals surface area contributed by atoms with E-state index in [1.54, 1.807) is 5.57 Å². The van der Waals surface area contributed by atoms with Crippen molar-refractivity contribution in [1.82, 2.24) is 5.16 Å². The number of hydrogen-bond donors (Lipinski definition) is 1. The van der Waals surface area contributed by atoms with Crippen LogP contribution in [-0.2, 0) is 20.7 Å². The highest BCUT2D eigenvalue weighted by molar-refractivity contribution is 5.91. The monoisotopic (exact) mass is 585 g/mol. The Morgan fingerprint density at radius 2 is 1.88 bits per heavy atom. The second-order valence-corrected chi connectivity index (χ2v) is 15.4. The van der Waals surface area contributed by atoms with Crippen molar-refractivity contribution >= 4 is 12.0 Å². The number of terminal acetylenes is 1. The minimum atomic E-state index is -0.909. The summed E-state index contributed by atoms with van der Waals surface area (Å²) in [6.45, 7) is 12.9. The molecule has 1 aromatic rings. The van der Waals surface area contributed by atoms with E-state index >= 15 is 0 Å². The van der Waals surface area contributed by atoms with E-state index < -0.39 is 5.60 Å². The van der Waals surface area contributed by atoms with Gasteiger partial charge in [0, 0.05) is 22.5 Å². The van der Waals surface area contributed by atoms with E-state index in [-0.39, 0.29) is 40.5 Å². The normalized spacial score (nSPS) is 46.0. The van der Waals surface area contributed by atoms with Gasteiger partial charge in [-0.3, -0.25) is 0 Å². The molecule has 10 atom stereocenters. The number of esters is 1. The van der Waals surface area contributed by atoms with Gasteiger partial charge in [0.15, 0.2) is 5.76 Å². The van der Waals surface area contributed by atoms with Crippen molar-refractivity contribution in [1.29, 1.82) is 0 Å². The largest absolute Gasteiger partial charge is 0.455 e. The quantitative estimate of drug-likeness (QED) is 0.116. The first-order valence-electron chi connectivity index (χ1n) is 16.5. The van der Waals surface area contributed by atoms with Gasteiger partial charge in [0.25, 0.3) is 0 Å². The lowest BCUT2D eigenvalue weighted by molar-refractivity contribution is -0.140. The molecular weight excluding hydrogens is 538 g/mol. The lowest BCUT2D eigenvalue weighted by atomic mass is 9.46. The van der Waals surface area contributed by atoms with Crippen LogP contribution in [0.25, 0.3) is 6.08 Å². The van der Waals surface area contributed by atoms with E-state index in [0.717, 1.165) is 70.0 Å². The zero-order valence-corrected chi connectivity index (χ0v) is 26.3. The molecule has 2 aliphatic heterocycles. The minimum absolute atomic E-state index is 0.0671. The van der Waals surface area contributed by atoms with Crippen molar-refractivity contribution in [3.05, 3.63) is 46.9 Å². The standard InChI is InChI=1S/C22H27NO2.C15H20O3/c1-4-22(24)10-8-18-16-6-5-15-11-19-14(13-23-25-19)12-20(15,2)17(16)7-9-21(18,22)3;1-9-5-4-8-15(3)13(18-15)12-11(7-6-9)10(2)14(16)17-12/h1,11,13,16-18,24H,5-10,12H2,2-3H3;5,11-13H,2,4,6-8H2,1,3H3. The molecule has 5 fully saturated rings. The summed E-state index contributed by atoms with van der Waals surface area (Å²) in [5, 5.41) is 15.1. The summed E-state index contributed by atoms with van der Waals surface area (Å²) in [6, 6.07) is 0. The second-order valence-electron chi connectivity index (χ2n) is 15.4. The van der Waals surface area contributed by atoms with Gasteiger partial charge in [-0.2, -0.15) is 0 Å². The fourth-order valence-electron chi connectivity index (χ4n) is 10.3. The first-order valence-corrected chi connectivity index (χ1v) is 16.5. The molecule has 2 saturated heterocycles. The van der Waals surface area contributed by atoms with Crippen LogP contribution >= 0.6 is 0 Å². The Balaban J connectivity index is 0.000000148. The highest BCUT2D eigenvalue weighted by Crippen LogP contribution is 2.67. The zero-order valence-electron chi connectivity index (χ0n) is 26.3. The van der Waals surface area contributed by atoms with E-state index in [1.807, 2.05) is 6.20 Å². The van der Waals surface area contributed by atoms with Crippen molar-refractivity contribution < 1.29 is 23.9 Å². The molecule has 1 aromatic heterocycles. The number of aromatic nitrogens is 1. The first kappa shape index (κ1) is 29.1. The third-order valence-corrected chi connectivity index (χ3v) is 13.2. The highest BCUT2D eigenvalue weighted by atomic mass is 16.6. The summed E-state index contributed by atoms with van der Waals surface area (Å²) in [6.07, 6.45) is 23.6. The van der Waals surface area contributed by atoms with Crippen LogP contribution in [0.5, 0.6) is 0 Å². The topological polar surface area (TPSA) is 85.1 Å². The third kappa shape index (κ3) is 4.36. The van der Waals surface area contributed by atoms with Gasteiger partial charge in [-0.25, -0.2) is 4.79 Å². The number of ether oxygens (including phenoxy) is 2. The molecule has 0 radical (unpaired) electrons. The molecule has 0 spiro atoms. The van der Waals surface area contributed by atoms with Gasteiger partial charge in [0.2, 0.25) is 0 Å². The van der Waals surface area contributed by atoms with Crippen molar-refractivity contribution in [2.75, 3.05) is 0 Å². The van der Waals surface area contributed by atoms with Crippen LogP contribution in [0.2, 0.25) is 0 Å². The third-order valence-electron chi connectivity index (χ3n) is 13.2. The van der Waals surface area contributed by atoms with Gasteiger partial charge >= 0.3 is 5.97 Å². The fraction of sp³-hybridized carbons (Fsp3) is 0.676. The van der Waals surface area contributed by atoms with E-state index in [2.05, 4.69) is 57.5 Å². The van der Waals surface area contributed by atoms with Crippen molar-refractivity contribution in [2.45, 2.75) is 122 Å². The number of carbonyl (C=O) groups excluding carboxylic acids is 1. The summed E-state index contributed by atoms with van der Waals surface area (Å²) < 4.78 is 16.7. The highest BCUT2D eigenvalue weighted by Gasteiger charge is 2.64. The molecule has 10 unspecified atom stereocenters. The molecule has 0 bridgehead atoms. The van der Waals surface area contributed by atoms with Crippen LogP contribution in [0.1, 0.15) is 103 Å². The number of allylic oxidation sites excluding steroid dienone is 3. The molecule has 1 N–H and O–H groups in total. The molecule has 8 rings (SSSR count). The van der Waals surface area contributed by atoms with Crippen molar-refractivity contribution in [2.24, 2.45) is 34.5 Å². The van der Waals surface area contributed by atoms with E-state index in [0.29, 0.717) is 23.3 Å². The molecule has 3 saturated carbocycles. The fourth-order valence-corrected chi connectivity index (χ4v) is 10.3. The molecule has 43 heavy (non-hydrogen) atoms. The summed E-state index contributed by atoms with van der Waals surface area (Å²) in [5.74, 6) is 5.54. The lowest BCUT2D eigenvalue weighted by Crippen LogP contribution is -2.54. The number of carbonyl (C=O) groups is 1. The van der Waals surface area contributed by atoms with Gasteiger partial charge in [-0.15, -0.1) is 6.42 Å². The van der Waals surface area contributed by atoms with Crippen LogP contribution in [0.3, 0.4) is 0 Å². The summed E-state index contributed by atoms with van der Waals surface area (Å²) in [4.78, 5) is 11.7. The summed E-state index contributed by atoms with van der Waals surface area (Å²) >= 11 is 0. The predicted octanol–water partition coefficient (Wildman–Crippen LogP) is 6.98. The number of hydrogen-bond acceptors (Lipinski definition) is 6. The predicted molar refractivity (Wildman–Crippen MR) is 164 cm³/mol. The Bertz CT molecular complexity index is 1450. The Hall–Kier alpha value is -2.62. The molecule has 6 nitrogen and oxygen atoms in total. The number of rotatable bonds is 0. The van der Waals surface area contributed by atoms with Gasteiger partial charge in [0.05, 0.1) is 11.8 Å². The average molecular weight is 586 g/mol. The maximum absolute atomic E-state index is 11.7. The van der Waals surface area contributed by atoms with E-state index in [9.17, 15) is 9.90 Å².